The highest BCUT2D eigenvalue weighted by molar-refractivity contribution is 6.31. The number of halogens is 1. The summed E-state index contributed by atoms with van der Waals surface area (Å²) in [7, 11) is 0. The molecule has 4 heteroatoms. The molecule has 0 aliphatic rings. The first-order valence-electron chi connectivity index (χ1n) is 5.84. The number of carbonyl (C=O) groups is 1. The van der Waals surface area contributed by atoms with Crippen molar-refractivity contribution in [3.63, 3.8) is 0 Å². The fourth-order valence-electron chi connectivity index (χ4n) is 1.59. The second-order valence-corrected chi connectivity index (χ2v) is 4.59. The van der Waals surface area contributed by atoms with Crippen LogP contribution < -0.4 is 11.1 Å². The summed E-state index contributed by atoms with van der Waals surface area (Å²) in [6, 6.07) is 7.33. The van der Waals surface area contributed by atoms with Crippen molar-refractivity contribution in [2.45, 2.75) is 38.8 Å². The number of amides is 1. The van der Waals surface area contributed by atoms with Crippen LogP contribution >= 0.6 is 11.6 Å². The molecule has 0 bridgehead atoms. The van der Waals surface area contributed by atoms with Gasteiger partial charge in [0.15, 0.2) is 0 Å². The summed E-state index contributed by atoms with van der Waals surface area (Å²) < 4.78 is 0. The van der Waals surface area contributed by atoms with Crippen LogP contribution in [0.2, 0.25) is 5.02 Å². The average Bonchev–Trinajstić information content (AvgIpc) is 2.29. The van der Waals surface area contributed by atoms with E-state index in [1.54, 1.807) is 0 Å². The summed E-state index contributed by atoms with van der Waals surface area (Å²) >= 11 is 6.06. The first-order valence-corrected chi connectivity index (χ1v) is 6.21. The Morgan fingerprint density at radius 1 is 1.47 bits per heavy atom. The SMILES string of the molecule is CCC(N)CC(=O)NC(C)c1ccccc1Cl. The van der Waals surface area contributed by atoms with Crippen LogP contribution in [0.4, 0.5) is 0 Å². The van der Waals surface area contributed by atoms with E-state index >= 15 is 0 Å². The second-order valence-electron chi connectivity index (χ2n) is 4.18. The highest BCUT2D eigenvalue weighted by Crippen LogP contribution is 2.22. The van der Waals surface area contributed by atoms with Gasteiger partial charge in [-0.05, 0) is 25.0 Å². The number of benzene rings is 1. The molecule has 17 heavy (non-hydrogen) atoms. The van der Waals surface area contributed by atoms with E-state index in [-0.39, 0.29) is 18.0 Å². The third-order valence-corrected chi connectivity index (χ3v) is 3.07. The normalized spacial score (nSPS) is 14.1. The molecule has 3 nitrogen and oxygen atoms in total. The Hall–Kier alpha value is -1.06. The van der Waals surface area contributed by atoms with Crippen molar-refractivity contribution in [2.75, 3.05) is 0 Å². The molecule has 2 atom stereocenters. The standard InChI is InChI=1S/C13H19ClN2O/c1-3-10(15)8-13(17)16-9(2)11-6-4-5-7-12(11)14/h4-7,9-10H,3,8,15H2,1-2H3,(H,16,17). The van der Waals surface area contributed by atoms with Gasteiger partial charge in [-0.25, -0.2) is 0 Å². The Morgan fingerprint density at radius 2 is 2.12 bits per heavy atom. The molecule has 2 unspecified atom stereocenters. The Morgan fingerprint density at radius 3 is 2.71 bits per heavy atom. The Labute approximate surface area is 107 Å². The van der Waals surface area contributed by atoms with Gasteiger partial charge in [0.05, 0.1) is 6.04 Å². The molecule has 1 rings (SSSR count). The lowest BCUT2D eigenvalue weighted by atomic mass is 10.1. The molecule has 0 aliphatic carbocycles. The van der Waals surface area contributed by atoms with Gasteiger partial charge in [0.25, 0.3) is 0 Å². The molecule has 1 aromatic rings. The summed E-state index contributed by atoms with van der Waals surface area (Å²) in [6.45, 7) is 3.88. The van der Waals surface area contributed by atoms with Crippen molar-refractivity contribution in [3.8, 4) is 0 Å². The summed E-state index contributed by atoms with van der Waals surface area (Å²) in [4.78, 5) is 11.7. The summed E-state index contributed by atoms with van der Waals surface area (Å²) in [5.41, 5.74) is 6.65. The van der Waals surface area contributed by atoms with Crippen LogP contribution in [-0.4, -0.2) is 11.9 Å². The van der Waals surface area contributed by atoms with Gasteiger partial charge in [-0.3, -0.25) is 4.79 Å². The van der Waals surface area contributed by atoms with Gasteiger partial charge >= 0.3 is 0 Å². The first-order chi connectivity index (χ1) is 8.04. The van der Waals surface area contributed by atoms with E-state index in [1.807, 2.05) is 38.1 Å². The number of nitrogens with two attached hydrogens (primary N) is 1. The lowest BCUT2D eigenvalue weighted by Gasteiger charge is -2.17. The number of carbonyl (C=O) groups excluding carboxylic acids is 1. The van der Waals surface area contributed by atoms with Crippen molar-refractivity contribution in [1.82, 2.24) is 5.32 Å². The van der Waals surface area contributed by atoms with E-state index in [0.717, 1.165) is 12.0 Å². The van der Waals surface area contributed by atoms with E-state index in [9.17, 15) is 4.79 Å². The van der Waals surface area contributed by atoms with Gasteiger partial charge in [0.1, 0.15) is 0 Å². The van der Waals surface area contributed by atoms with Crippen molar-refractivity contribution < 1.29 is 4.79 Å². The minimum atomic E-state index is -0.0970. The number of hydrogen-bond acceptors (Lipinski definition) is 2. The zero-order chi connectivity index (χ0) is 12.8. The summed E-state index contributed by atoms with van der Waals surface area (Å²) in [5.74, 6) is -0.0354. The lowest BCUT2D eigenvalue weighted by Crippen LogP contribution is -2.32. The maximum absolute atomic E-state index is 11.7. The summed E-state index contributed by atoms with van der Waals surface area (Å²) in [6.07, 6.45) is 1.15. The van der Waals surface area contributed by atoms with Crippen molar-refractivity contribution >= 4 is 17.5 Å². The minimum Gasteiger partial charge on any atom is -0.349 e. The van der Waals surface area contributed by atoms with Crippen molar-refractivity contribution in [3.05, 3.63) is 34.9 Å². The predicted octanol–water partition coefficient (Wildman–Crippen LogP) is 2.64. The highest BCUT2D eigenvalue weighted by atomic mass is 35.5. The molecule has 0 aliphatic heterocycles. The Bertz CT molecular complexity index is 381. The zero-order valence-corrected chi connectivity index (χ0v) is 11.0. The maximum atomic E-state index is 11.7. The van der Waals surface area contributed by atoms with Gasteiger partial charge < -0.3 is 11.1 Å². The fraction of sp³-hybridized carbons (Fsp3) is 0.462. The molecular formula is C13H19ClN2O. The molecule has 3 N–H and O–H groups in total. The van der Waals surface area contributed by atoms with E-state index in [2.05, 4.69) is 5.32 Å². The quantitative estimate of drug-likeness (QED) is 0.849. The molecule has 0 aromatic heterocycles. The molecule has 1 amide bonds. The van der Waals surface area contributed by atoms with Crippen LogP contribution in [0.15, 0.2) is 24.3 Å². The molecule has 0 spiro atoms. The van der Waals surface area contributed by atoms with Gasteiger partial charge in [0, 0.05) is 17.5 Å². The largest absolute Gasteiger partial charge is 0.349 e. The molecule has 1 aromatic carbocycles. The van der Waals surface area contributed by atoms with Crippen LogP contribution in [0.3, 0.4) is 0 Å². The van der Waals surface area contributed by atoms with Crippen LogP contribution in [0.25, 0.3) is 0 Å². The second kappa shape index (κ2) is 6.62. The fourth-order valence-corrected chi connectivity index (χ4v) is 1.89. The molecule has 0 saturated heterocycles. The molecule has 0 fully saturated rings. The van der Waals surface area contributed by atoms with Gasteiger partial charge in [-0.2, -0.15) is 0 Å². The van der Waals surface area contributed by atoms with E-state index < -0.39 is 0 Å². The summed E-state index contributed by atoms with van der Waals surface area (Å²) in [5, 5.41) is 3.57. The minimum absolute atomic E-state index is 0.0354. The Kier molecular flexibility index (Phi) is 5.45. The average molecular weight is 255 g/mol. The van der Waals surface area contributed by atoms with E-state index in [4.69, 9.17) is 17.3 Å². The molecule has 94 valence electrons. The maximum Gasteiger partial charge on any atom is 0.222 e. The van der Waals surface area contributed by atoms with Crippen molar-refractivity contribution in [1.29, 1.82) is 0 Å². The van der Waals surface area contributed by atoms with Crippen LogP contribution in [0, 0.1) is 0 Å². The lowest BCUT2D eigenvalue weighted by molar-refractivity contribution is -0.122. The molecule has 0 heterocycles. The van der Waals surface area contributed by atoms with Crippen LogP contribution in [0.1, 0.15) is 38.3 Å². The predicted molar refractivity (Wildman–Crippen MR) is 70.9 cm³/mol. The third-order valence-electron chi connectivity index (χ3n) is 2.72. The third kappa shape index (κ3) is 4.36. The van der Waals surface area contributed by atoms with E-state index in [1.165, 1.54) is 0 Å². The topological polar surface area (TPSA) is 55.1 Å². The molecule has 0 saturated carbocycles. The number of nitrogens with one attached hydrogen (secondary N) is 1. The van der Waals surface area contributed by atoms with Gasteiger partial charge in [-0.1, -0.05) is 36.7 Å². The number of hydrogen-bond donors (Lipinski definition) is 2. The Balaban J connectivity index is 2.58. The number of rotatable bonds is 5. The monoisotopic (exact) mass is 254 g/mol. The first kappa shape index (κ1) is 14.0. The van der Waals surface area contributed by atoms with Gasteiger partial charge in [0.2, 0.25) is 5.91 Å². The van der Waals surface area contributed by atoms with E-state index in [0.29, 0.717) is 11.4 Å². The van der Waals surface area contributed by atoms with Crippen molar-refractivity contribution in [2.24, 2.45) is 5.73 Å². The van der Waals surface area contributed by atoms with Gasteiger partial charge in [-0.15, -0.1) is 0 Å². The smallest absolute Gasteiger partial charge is 0.222 e. The van der Waals surface area contributed by atoms with Crippen LogP contribution in [-0.2, 0) is 4.79 Å². The van der Waals surface area contributed by atoms with Crippen LogP contribution in [0.5, 0.6) is 0 Å². The highest BCUT2D eigenvalue weighted by Gasteiger charge is 2.13. The zero-order valence-electron chi connectivity index (χ0n) is 10.2. The molecule has 0 radical (unpaired) electrons. The molecular weight excluding hydrogens is 236 g/mol.